The van der Waals surface area contributed by atoms with Crippen LogP contribution in [0.5, 0.6) is 0 Å². The molecule has 26 heavy (non-hydrogen) atoms. The van der Waals surface area contributed by atoms with Crippen molar-refractivity contribution >= 4 is 17.7 Å². The molecule has 5 nitrogen and oxygen atoms in total. The van der Waals surface area contributed by atoms with Crippen LogP contribution in [0, 0.1) is 0 Å². The Kier molecular flexibility index (Phi) is 7.68. The summed E-state index contributed by atoms with van der Waals surface area (Å²) in [7, 11) is 0. The van der Waals surface area contributed by atoms with Gasteiger partial charge in [-0.15, -0.1) is 0 Å². The molecule has 2 aromatic rings. The molecule has 0 atom stereocenters. The van der Waals surface area contributed by atoms with E-state index in [4.69, 9.17) is 4.74 Å². The lowest BCUT2D eigenvalue weighted by atomic mass is 10.2. The van der Waals surface area contributed by atoms with E-state index in [-0.39, 0.29) is 18.6 Å². The molecule has 0 saturated carbocycles. The number of nitrogens with one attached hydrogen (secondary N) is 1. The molecule has 0 aliphatic heterocycles. The van der Waals surface area contributed by atoms with Crippen LogP contribution in [-0.4, -0.2) is 24.6 Å². The second-order valence-electron chi connectivity index (χ2n) is 6.29. The number of benzene rings is 2. The van der Waals surface area contributed by atoms with Crippen LogP contribution in [0.2, 0.25) is 0 Å². The number of anilines is 1. The van der Waals surface area contributed by atoms with Crippen molar-refractivity contribution in [1.29, 1.82) is 0 Å². The number of alkyl carbamates (subject to hydrolysis) is 1. The predicted octanol–water partition coefficient (Wildman–Crippen LogP) is 4.13. The third-order valence-corrected chi connectivity index (χ3v) is 3.87. The van der Waals surface area contributed by atoms with E-state index >= 15 is 0 Å². The van der Waals surface area contributed by atoms with Crippen LogP contribution >= 0.6 is 0 Å². The summed E-state index contributed by atoms with van der Waals surface area (Å²) in [5.41, 5.74) is 1.83. The lowest BCUT2D eigenvalue weighted by molar-refractivity contribution is -0.119. The number of nitrogens with zero attached hydrogens (tertiary/aromatic N) is 1. The van der Waals surface area contributed by atoms with Crippen LogP contribution in [-0.2, 0) is 16.1 Å². The zero-order valence-corrected chi connectivity index (χ0v) is 15.4. The Hall–Kier alpha value is -2.82. The van der Waals surface area contributed by atoms with E-state index in [9.17, 15) is 9.59 Å². The number of carbonyl (C=O) groups is 2. The second-order valence-corrected chi connectivity index (χ2v) is 6.29. The van der Waals surface area contributed by atoms with E-state index in [0.29, 0.717) is 19.4 Å². The van der Waals surface area contributed by atoms with Gasteiger partial charge in [0.1, 0.15) is 6.61 Å². The van der Waals surface area contributed by atoms with Gasteiger partial charge in [0.05, 0.1) is 0 Å². The van der Waals surface area contributed by atoms with Gasteiger partial charge in [0.25, 0.3) is 0 Å². The average molecular weight is 354 g/mol. The van der Waals surface area contributed by atoms with E-state index in [1.165, 1.54) is 0 Å². The summed E-state index contributed by atoms with van der Waals surface area (Å²) in [6.45, 7) is 4.62. The Bertz CT molecular complexity index is 687. The maximum absolute atomic E-state index is 12.5. The van der Waals surface area contributed by atoms with Crippen LogP contribution in [0.4, 0.5) is 10.5 Å². The molecule has 2 rings (SSSR count). The van der Waals surface area contributed by atoms with Gasteiger partial charge in [-0.1, -0.05) is 48.5 Å². The molecule has 0 aliphatic carbocycles. The zero-order valence-electron chi connectivity index (χ0n) is 15.4. The van der Waals surface area contributed by atoms with Crippen molar-refractivity contribution in [2.45, 2.75) is 39.3 Å². The first-order valence-electron chi connectivity index (χ1n) is 8.89. The predicted molar refractivity (Wildman–Crippen MR) is 103 cm³/mol. The minimum Gasteiger partial charge on any atom is -0.445 e. The van der Waals surface area contributed by atoms with Gasteiger partial charge in [-0.05, 0) is 38.0 Å². The smallest absolute Gasteiger partial charge is 0.407 e. The van der Waals surface area contributed by atoms with Crippen LogP contribution in [0.25, 0.3) is 0 Å². The summed E-state index contributed by atoms with van der Waals surface area (Å²) in [5.74, 6) is 0.0469. The first-order valence-corrected chi connectivity index (χ1v) is 8.89. The number of hydrogen-bond donors (Lipinski definition) is 1. The highest BCUT2D eigenvalue weighted by Gasteiger charge is 2.18. The molecule has 1 N–H and O–H groups in total. The van der Waals surface area contributed by atoms with Crippen LogP contribution in [0.1, 0.15) is 32.3 Å². The molecule has 0 fully saturated rings. The molecule has 2 amide bonds. The van der Waals surface area contributed by atoms with Crippen LogP contribution < -0.4 is 10.2 Å². The normalized spacial score (nSPS) is 10.4. The summed E-state index contributed by atoms with van der Waals surface area (Å²) in [4.78, 5) is 26.0. The highest BCUT2D eigenvalue weighted by atomic mass is 16.5. The van der Waals surface area contributed by atoms with Gasteiger partial charge < -0.3 is 15.0 Å². The Morgan fingerprint density at radius 2 is 1.62 bits per heavy atom. The van der Waals surface area contributed by atoms with Crippen molar-refractivity contribution < 1.29 is 14.3 Å². The molecular formula is C21H26N2O3. The van der Waals surface area contributed by atoms with Crippen LogP contribution in [0.15, 0.2) is 60.7 Å². The monoisotopic (exact) mass is 354 g/mol. The van der Waals surface area contributed by atoms with E-state index in [2.05, 4.69) is 5.32 Å². The van der Waals surface area contributed by atoms with Crippen molar-refractivity contribution in [2.75, 3.05) is 11.4 Å². The second kappa shape index (κ2) is 10.2. The SMILES string of the molecule is CC(C)N(C(=O)CCCNC(=O)OCc1ccccc1)c1ccccc1. The van der Waals surface area contributed by atoms with Gasteiger partial charge >= 0.3 is 6.09 Å². The van der Waals surface area contributed by atoms with Crippen molar-refractivity contribution in [3.05, 3.63) is 66.2 Å². The third-order valence-electron chi connectivity index (χ3n) is 3.87. The van der Waals surface area contributed by atoms with Gasteiger partial charge in [0.15, 0.2) is 0 Å². The summed E-state index contributed by atoms with van der Waals surface area (Å²) in [6.07, 6.45) is 0.464. The van der Waals surface area contributed by atoms with Gasteiger partial charge in [-0.25, -0.2) is 4.79 Å². The Morgan fingerprint density at radius 3 is 2.23 bits per heavy atom. The molecule has 0 spiro atoms. The molecule has 0 heterocycles. The van der Waals surface area contributed by atoms with Crippen molar-refractivity contribution in [3.63, 3.8) is 0 Å². The molecular weight excluding hydrogens is 328 g/mol. The Morgan fingerprint density at radius 1 is 1.00 bits per heavy atom. The Labute approximate surface area is 155 Å². The molecule has 138 valence electrons. The maximum Gasteiger partial charge on any atom is 0.407 e. The highest BCUT2D eigenvalue weighted by molar-refractivity contribution is 5.93. The number of ether oxygens (including phenoxy) is 1. The van der Waals surface area contributed by atoms with Crippen molar-refractivity contribution in [1.82, 2.24) is 5.32 Å². The maximum atomic E-state index is 12.5. The first kappa shape index (κ1) is 19.5. The molecule has 0 unspecified atom stereocenters. The molecule has 0 bridgehead atoms. The number of rotatable bonds is 8. The lowest BCUT2D eigenvalue weighted by Gasteiger charge is -2.27. The molecule has 0 radical (unpaired) electrons. The molecule has 2 aromatic carbocycles. The van der Waals surface area contributed by atoms with Gasteiger partial charge in [-0.3, -0.25) is 4.79 Å². The lowest BCUT2D eigenvalue weighted by Crippen LogP contribution is -2.37. The minimum atomic E-state index is -0.468. The average Bonchev–Trinajstić information content (AvgIpc) is 2.65. The van der Waals surface area contributed by atoms with E-state index in [1.807, 2.05) is 74.5 Å². The molecule has 0 aromatic heterocycles. The largest absolute Gasteiger partial charge is 0.445 e. The topological polar surface area (TPSA) is 58.6 Å². The Balaban J connectivity index is 1.71. The third kappa shape index (κ3) is 6.24. The van der Waals surface area contributed by atoms with E-state index in [0.717, 1.165) is 11.3 Å². The zero-order chi connectivity index (χ0) is 18.8. The van der Waals surface area contributed by atoms with Crippen molar-refractivity contribution in [2.24, 2.45) is 0 Å². The summed E-state index contributed by atoms with van der Waals surface area (Å²) in [6, 6.07) is 19.2. The minimum absolute atomic E-state index is 0.0469. The van der Waals surface area contributed by atoms with Crippen LogP contribution in [0.3, 0.4) is 0 Å². The molecule has 0 aliphatic rings. The fraction of sp³-hybridized carbons (Fsp3) is 0.333. The van der Waals surface area contributed by atoms with Gasteiger partial charge in [0.2, 0.25) is 5.91 Å². The van der Waals surface area contributed by atoms with Gasteiger partial charge in [0, 0.05) is 24.7 Å². The number of carbonyl (C=O) groups excluding carboxylic acids is 2. The summed E-state index contributed by atoms with van der Waals surface area (Å²) in [5, 5.41) is 2.68. The fourth-order valence-corrected chi connectivity index (χ4v) is 2.64. The summed E-state index contributed by atoms with van der Waals surface area (Å²) < 4.78 is 5.14. The quantitative estimate of drug-likeness (QED) is 0.725. The van der Waals surface area contributed by atoms with E-state index in [1.54, 1.807) is 4.90 Å². The summed E-state index contributed by atoms with van der Waals surface area (Å²) >= 11 is 0. The first-order chi connectivity index (χ1) is 12.6. The fourth-order valence-electron chi connectivity index (χ4n) is 2.64. The molecule has 0 saturated heterocycles. The number of amides is 2. The van der Waals surface area contributed by atoms with Crippen molar-refractivity contribution in [3.8, 4) is 0 Å². The highest BCUT2D eigenvalue weighted by Crippen LogP contribution is 2.18. The standard InChI is InChI=1S/C21H26N2O3/c1-17(2)23(19-12-7-4-8-13-19)20(24)14-9-15-22-21(25)26-16-18-10-5-3-6-11-18/h3-8,10-13,17H,9,14-16H2,1-2H3,(H,22,25). The molecule has 5 heteroatoms. The number of para-hydroxylation sites is 1. The van der Waals surface area contributed by atoms with E-state index < -0.39 is 6.09 Å². The number of hydrogen-bond acceptors (Lipinski definition) is 3. The van der Waals surface area contributed by atoms with Gasteiger partial charge in [-0.2, -0.15) is 0 Å².